The molecule has 4 aromatic rings. The van der Waals surface area contributed by atoms with E-state index in [4.69, 9.17) is 9.47 Å². The smallest absolute Gasteiger partial charge is 0.221 e. The molecule has 0 atom stereocenters. The molecule has 138 valence electrons. The van der Waals surface area contributed by atoms with Crippen molar-refractivity contribution in [3.8, 4) is 23.0 Å². The molecule has 1 aliphatic rings. The number of rotatable bonds is 2. The first-order chi connectivity index (χ1) is 12.6. The summed E-state index contributed by atoms with van der Waals surface area (Å²) in [7, 11) is 3.29. The van der Waals surface area contributed by atoms with Gasteiger partial charge in [-0.25, -0.2) is 0 Å². The second-order valence-electron chi connectivity index (χ2n) is 6.62. The summed E-state index contributed by atoms with van der Waals surface area (Å²) < 4.78 is 13.3. The lowest BCUT2D eigenvalue weighted by Gasteiger charge is -2.18. The second-order valence-corrected chi connectivity index (χ2v) is 6.62. The monoisotopic (exact) mass is 384 g/mol. The molecule has 0 aliphatic carbocycles. The zero-order chi connectivity index (χ0) is 18.0. The van der Waals surface area contributed by atoms with Crippen molar-refractivity contribution in [2.75, 3.05) is 14.2 Å². The van der Waals surface area contributed by atoms with Crippen LogP contribution in [0.15, 0.2) is 36.5 Å². The van der Waals surface area contributed by atoms with E-state index in [1.165, 1.54) is 0 Å². The number of nitrogens with zero attached hydrogens (tertiary/aromatic N) is 1. The molecule has 27 heavy (non-hydrogen) atoms. The molecule has 0 amide bonds. The fourth-order valence-electron chi connectivity index (χ4n) is 4.22. The van der Waals surface area contributed by atoms with Gasteiger partial charge in [0.1, 0.15) is 0 Å². The van der Waals surface area contributed by atoms with Gasteiger partial charge in [0, 0.05) is 17.2 Å². The van der Waals surface area contributed by atoms with E-state index in [2.05, 4.69) is 10.8 Å². The van der Waals surface area contributed by atoms with E-state index >= 15 is 0 Å². The highest BCUT2D eigenvalue weighted by Gasteiger charge is 2.27. The van der Waals surface area contributed by atoms with Gasteiger partial charge in [-0.3, -0.25) is 0 Å². The molecular weight excluding hydrogens is 366 g/mol. The third kappa shape index (κ3) is 2.21. The Bertz CT molecular complexity index is 1240. The summed E-state index contributed by atoms with van der Waals surface area (Å²) in [6, 6.07) is 9.50. The third-order valence-electron chi connectivity index (χ3n) is 5.38. The van der Waals surface area contributed by atoms with Crippen molar-refractivity contribution in [2.45, 2.75) is 13.0 Å². The lowest BCUT2D eigenvalue weighted by atomic mass is 9.93. The van der Waals surface area contributed by atoms with Crippen LogP contribution in [0.4, 0.5) is 0 Å². The number of halogens is 1. The first-order valence-corrected chi connectivity index (χ1v) is 8.51. The van der Waals surface area contributed by atoms with E-state index in [9.17, 15) is 10.2 Å². The molecule has 0 saturated carbocycles. The molecular formula is C21H19ClNO4+. The van der Waals surface area contributed by atoms with Gasteiger partial charge in [-0.1, -0.05) is 0 Å². The van der Waals surface area contributed by atoms with Gasteiger partial charge in [0.25, 0.3) is 0 Å². The Labute approximate surface area is 161 Å². The summed E-state index contributed by atoms with van der Waals surface area (Å²) in [4.78, 5) is 0. The summed E-state index contributed by atoms with van der Waals surface area (Å²) in [5.74, 6) is 1.29. The molecule has 5 nitrogen and oxygen atoms in total. The lowest BCUT2D eigenvalue weighted by molar-refractivity contribution is -0.670. The molecule has 2 N–H and O–H groups in total. The number of fused-ring (bicyclic) bond motifs is 2. The number of pyridine rings is 1. The van der Waals surface area contributed by atoms with Gasteiger partial charge in [-0.05, 0) is 35.9 Å². The summed E-state index contributed by atoms with van der Waals surface area (Å²) in [6.07, 6.45) is 2.88. The first kappa shape index (κ1) is 17.5. The number of phenolic OH excluding ortho intramolecular Hbond substituents is 2. The summed E-state index contributed by atoms with van der Waals surface area (Å²) in [6.45, 7) is 0.795. The van der Waals surface area contributed by atoms with E-state index < -0.39 is 0 Å². The van der Waals surface area contributed by atoms with Crippen LogP contribution in [-0.2, 0) is 13.0 Å². The zero-order valence-corrected chi connectivity index (χ0v) is 15.8. The SMILES string of the molecule is COc1ccc2c(c[n+]3c4c2ccc2c(O)c(O)cc(c24)CC3)c1OC.Cl. The third-order valence-corrected chi connectivity index (χ3v) is 5.38. The van der Waals surface area contributed by atoms with E-state index in [0.29, 0.717) is 11.1 Å². The molecule has 0 saturated heterocycles. The molecule has 2 heterocycles. The van der Waals surface area contributed by atoms with Crippen molar-refractivity contribution in [1.82, 2.24) is 0 Å². The van der Waals surface area contributed by atoms with Gasteiger partial charge >= 0.3 is 0 Å². The van der Waals surface area contributed by atoms with Gasteiger partial charge in [-0.15, -0.1) is 12.4 Å². The van der Waals surface area contributed by atoms with Crippen molar-refractivity contribution in [3.05, 3.63) is 42.1 Å². The highest BCUT2D eigenvalue weighted by molar-refractivity contribution is 6.17. The van der Waals surface area contributed by atoms with Crippen molar-refractivity contribution in [2.24, 2.45) is 0 Å². The average molecular weight is 385 g/mol. The standard InChI is InChI=1S/C21H17NO4.ClH/c1-25-17-6-5-12-13-3-4-14-18-11(9-16(23)20(14)24)7-8-22(19(13)18)10-15(12)21(17)26-2;/h3-6,9-10,24H,7-8H2,1-2H3;1H/p+1. The number of methoxy groups -OCH3 is 2. The average Bonchev–Trinajstić information content (AvgIpc) is 2.67. The number of benzene rings is 3. The highest BCUT2D eigenvalue weighted by atomic mass is 35.5. The Morgan fingerprint density at radius 3 is 2.41 bits per heavy atom. The van der Waals surface area contributed by atoms with Crippen molar-refractivity contribution in [1.29, 1.82) is 0 Å². The molecule has 1 aromatic heterocycles. The number of phenols is 2. The lowest BCUT2D eigenvalue weighted by Crippen LogP contribution is -2.38. The van der Waals surface area contributed by atoms with Crippen LogP contribution < -0.4 is 14.0 Å². The van der Waals surface area contributed by atoms with Gasteiger partial charge < -0.3 is 19.7 Å². The fourth-order valence-corrected chi connectivity index (χ4v) is 4.22. The Morgan fingerprint density at radius 1 is 0.926 bits per heavy atom. The van der Waals surface area contributed by atoms with Gasteiger partial charge in [0.15, 0.2) is 35.7 Å². The van der Waals surface area contributed by atoms with E-state index in [1.54, 1.807) is 20.3 Å². The van der Waals surface area contributed by atoms with Crippen molar-refractivity contribution in [3.63, 3.8) is 0 Å². The number of hydrogen-bond acceptors (Lipinski definition) is 4. The van der Waals surface area contributed by atoms with Crippen LogP contribution in [0.2, 0.25) is 0 Å². The fraction of sp³-hybridized carbons (Fsp3) is 0.190. The van der Waals surface area contributed by atoms with Crippen LogP contribution in [0, 0.1) is 0 Å². The molecule has 0 bridgehead atoms. The van der Waals surface area contributed by atoms with Gasteiger partial charge in [0.2, 0.25) is 5.52 Å². The highest BCUT2D eigenvalue weighted by Crippen LogP contribution is 2.43. The van der Waals surface area contributed by atoms with Crippen LogP contribution in [0.5, 0.6) is 23.0 Å². The zero-order valence-electron chi connectivity index (χ0n) is 14.9. The summed E-state index contributed by atoms with van der Waals surface area (Å²) in [5, 5.41) is 25.2. The van der Waals surface area contributed by atoms with Gasteiger partial charge in [0.05, 0.1) is 30.4 Å². The topological polar surface area (TPSA) is 62.8 Å². The van der Waals surface area contributed by atoms with Crippen LogP contribution >= 0.6 is 12.4 Å². The predicted octanol–water partition coefficient (Wildman–Crippen LogP) is 3.84. The maximum Gasteiger partial charge on any atom is 0.221 e. The molecule has 0 radical (unpaired) electrons. The molecule has 5 rings (SSSR count). The molecule has 0 fully saturated rings. The quantitative estimate of drug-likeness (QED) is 0.313. The predicted molar refractivity (Wildman–Crippen MR) is 107 cm³/mol. The Morgan fingerprint density at radius 2 is 1.67 bits per heavy atom. The molecule has 0 unspecified atom stereocenters. The van der Waals surface area contributed by atoms with Crippen molar-refractivity contribution >= 4 is 44.9 Å². The van der Waals surface area contributed by atoms with E-state index in [-0.39, 0.29) is 23.9 Å². The van der Waals surface area contributed by atoms with E-state index in [1.807, 2.05) is 24.3 Å². The van der Waals surface area contributed by atoms with Crippen molar-refractivity contribution < 1.29 is 24.3 Å². The largest absolute Gasteiger partial charge is 0.504 e. The number of aryl methyl sites for hydroxylation is 2. The second kappa shape index (κ2) is 6.06. The Hall–Kier alpha value is -2.92. The van der Waals surface area contributed by atoms with Crippen LogP contribution in [0.1, 0.15) is 5.56 Å². The van der Waals surface area contributed by atoms with Gasteiger partial charge in [-0.2, -0.15) is 4.57 Å². The molecule has 6 heteroatoms. The van der Waals surface area contributed by atoms with Crippen LogP contribution in [-0.4, -0.2) is 24.4 Å². The molecule has 1 aliphatic heterocycles. The summed E-state index contributed by atoms with van der Waals surface area (Å²) in [5.41, 5.74) is 2.12. The number of ether oxygens (including phenoxy) is 2. The Balaban J connectivity index is 0.00000180. The molecule has 0 spiro atoms. The maximum atomic E-state index is 10.3. The maximum absolute atomic E-state index is 10.3. The van der Waals surface area contributed by atoms with Crippen LogP contribution in [0.25, 0.3) is 32.4 Å². The first-order valence-electron chi connectivity index (χ1n) is 8.51. The summed E-state index contributed by atoms with van der Waals surface area (Å²) >= 11 is 0. The normalized spacial score (nSPS) is 12.5. The van der Waals surface area contributed by atoms with Crippen LogP contribution in [0.3, 0.4) is 0 Å². The number of hydrogen-bond donors (Lipinski definition) is 2. The minimum atomic E-state index is -0.0634. The minimum absolute atomic E-state index is 0. The molecule has 3 aromatic carbocycles. The number of aromatic nitrogens is 1. The number of aromatic hydroxyl groups is 2. The van der Waals surface area contributed by atoms with E-state index in [0.717, 1.165) is 51.3 Å². The minimum Gasteiger partial charge on any atom is -0.504 e. The Kier molecular flexibility index (Phi) is 3.93.